The molecular weight excluding hydrogens is 368 g/mol. The number of methoxy groups -OCH3 is 1. The Hall–Kier alpha value is -3.02. The highest BCUT2D eigenvalue weighted by atomic mass is 16.5. The van der Waals surface area contributed by atoms with Crippen LogP contribution in [0.25, 0.3) is 0 Å². The van der Waals surface area contributed by atoms with Crippen molar-refractivity contribution in [3.05, 3.63) is 53.6 Å². The molecule has 0 aromatic heterocycles. The maximum absolute atomic E-state index is 12.4. The maximum atomic E-state index is 12.4. The third-order valence-electron chi connectivity index (χ3n) is 4.28. The number of hydrogen-bond donors (Lipinski definition) is 2. The molecule has 1 atom stereocenters. The normalized spacial score (nSPS) is 11.7. The summed E-state index contributed by atoms with van der Waals surface area (Å²) in [7, 11) is 1.61. The monoisotopic (exact) mass is 398 g/mol. The highest BCUT2D eigenvalue weighted by Gasteiger charge is 2.14. The molecule has 2 aromatic rings. The van der Waals surface area contributed by atoms with Gasteiger partial charge in [-0.25, -0.2) is 0 Å². The minimum Gasteiger partial charge on any atom is -0.493 e. The van der Waals surface area contributed by atoms with Crippen LogP contribution in [0.5, 0.6) is 11.5 Å². The summed E-state index contributed by atoms with van der Waals surface area (Å²) >= 11 is 0. The SMILES string of the molecule is COc1cc([C@H](C)NC(=O)Cc2ccc(NC(C)=O)cc2)ccc1OCC(C)C. The van der Waals surface area contributed by atoms with Gasteiger partial charge in [0.1, 0.15) is 0 Å². The van der Waals surface area contributed by atoms with Gasteiger partial charge in [-0.05, 0) is 48.2 Å². The van der Waals surface area contributed by atoms with Crippen molar-refractivity contribution in [3.63, 3.8) is 0 Å². The van der Waals surface area contributed by atoms with Crippen molar-refractivity contribution < 1.29 is 19.1 Å². The summed E-state index contributed by atoms with van der Waals surface area (Å²) in [6, 6.07) is 12.8. The lowest BCUT2D eigenvalue weighted by molar-refractivity contribution is -0.121. The zero-order valence-electron chi connectivity index (χ0n) is 17.7. The number of nitrogens with one attached hydrogen (secondary N) is 2. The van der Waals surface area contributed by atoms with E-state index in [0.29, 0.717) is 29.7 Å². The lowest BCUT2D eigenvalue weighted by atomic mass is 10.1. The summed E-state index contributed by atoms with van der Waals surface area (Å²) in [5, 5.41) is 5.72. The van der Waals surface area contributed by atoms with Crippen LogP contribution in [0.2, 0.25) is 0 Å². The van der Waals surface area contributed by atoms with E-state index in [1.807, 2.05) is 37.3 Å². The van der Waals surface area contributed by atoms with Crippen LogP contribution in [0.15, 0.2) is 42.5 Å². The molecular formula is C23H30N2O4. The molecule has 0 unspecified atom stereocenters. The van der Waals surface area contributed by atoms with Crippen LogP contribution >= 0.6 is 0 Å². The Morgan fingerprint density at radius 1 is 1.00 bits per heavy atom. The quantitative estimate of drug-likeness (QED) is 0.666. The second-order valence-corrected chi connectivity index (χ2v) is 7.46. The average molecular weight is 399 g/mol. The molecule has 2 rings (SSSR count). The van der Waals surface area contributed by atoms with Crippen LogP contribution in [-0.2, 0) is 16.0 Å². The first-order valence-corrected chi connectivity index (χ1v) is 9.75. The van der Waals surface area contributed by atoms with Crippen LogP contribution in [0.3, 0.4) is 0 Å². The molecule has 2 N–H and O–H groups in total. The topological polar surface area (TPSA) is 76.7 Å². The smallest absolute Gasteiger partial charge is 0.224 e. The van der Waals surface area contributed by atoms with Gasteiger partial charge in [-0.2, -0.15) is 0 Å². The molecule has 0 aliphatic rings. The van der Waals surface area contributed by atoms with Gasteiger partial charge in [0.2, 0.25) is 11.8 Å². The van der Waals surface area contributed by atoms with Crippen LogP contribution in [0.1, 0.15) is 44.9 Å². The van der Waals surface area contributed by atoms with Gasteiger partial charge in [-0.1, -0.05) is 32.0 Å². The molecule has 29 heavy (non-hydrogen) atoms. The van der Waals surface area contributed by atoms with Crippen LogP contribution in [0.4, 0.5) is 5.69 Å². The first-order chi connectivity index (χ1) is 13.8. The van der Waals surface area contributed by atoms with Crippen molar-refractivity contribution in [1.29, 1.82) is 0 Å². The number of ether oxygens (including phenoxy) is 2. The fourth-order valence-corrected chi connectivity index (χ4v) is 2.80. The third kappa shape index (κ3) is 7.14. The largest absolute Gasteiger partial charge is 0.493 e. The van der Waals surface area contributed by atoms with Gasteiger partial charge >= 0.3 is 0 Å². The molecule has 0 bridgehead atoms. The molecule has 0 spiro atoms. The van der Waals surface area contributed by atoms with Crippen molar-refractivity contribution >= 4 is 17.5 Å². The van der Waals surface area contributed by atoms with Crippen molar-refractivity contribution in [2.45, 2.75) is 40.2 Å². The number of amides is 2. The standard InChI is InChI=1S/C23H30N2O4/c1-15(2)14-29-21-11-8-19(13-22(21)28-5)16(3)24-23(27)12-18-6-9-20(10-7-18)25-17(4)26/h6-11,13,15-16H,12,14H2,1-5H3,(H,24,27)(H,25,26)/t16-/m0/s1. The third-order valence-corrected chi connectivity index (χ3v) is 4.28. The highest BCUT2D eigenvalue weighted by Crippen LogP contribution is 2.30. The van der Waals surface area contributed by atoms with Gasteiger partial charge in [0.05, 0.1) is 26.2 Å². The molecule has 156 valence electrons. The van der Waals surface area contributed by atoms with Crippen molar-refractivity contribution in [2.75, 3.05) is 19.0 Å². The van der Waals surface area contributed by atoms with Crippen LogP contribution in [-0.4, -0.2) is 25.5 Å². The molecule has 0 aliphatic carbocycles. The second-order valence-electron chi connectivity index (χ2n) is 7.46. The second kappa shape index (κ2) is 10.5. The van der Waals surface area contributed by atoms with Gasteiger partial charge < -0.3 is 20.1 Å². The Morgan fingerprint density at radius 2 is 1.69 bits per heavy atom. The summed E-state index contributed by atoms with van der Waals surface area (Å²) < 4.78 is 11.2. The Kier molecular flexibility index (Phi) is 8.07. The molecule has 6 heteroatoms. The van der Waals surface area contributed by atoms with Crippen LogP contribution in [0, 0.1) is 5.92 Å². The molecule has 0 saturated heterocycles. The molecule has 0 radical (unpaired) electrons. The Morgan fingerprint density at radius 3 is 2.28 bits per heavy atom. The van der Waals surface area contributed by atoms with E-state index in [2.05, 4.69) is 24.5 Å². The highest BCUT2D eigenvalue weighted by molar-refractivity contribution is 5.88. The number of carbonyl (C=O) groups excluding carboxylic acids is 2. The number of hydrogen-bond acceptors (Lipinski definition) is 4. The van der Waals surface area contributed by atoms with Gasteiger partial charge in [0.15, 0.2) is 11.5 Å². The molecule has 0 heterocycles. The van der Waals surface area contributed by atoms with Gasteiger partial charge in [0, 0.05) is 12.6 Å². The number of anilines is 1. The maximum Gasteiger partial charge on any atom is 0.224 e. The number of carbonyl (C=O) groups is 2. The Balaban J connectivity index is 1.97. The Bertz CT molecular complexity index is 831. The van der Waals surface area contributed by atoms with E-state index in [1.165, 1.54) is 6.92 Å². The zero-order chi connectivity index (χ0) is 21.4. The first-order valence-electron chi connectivity index (χ1n) is 9.75. The molecule has 0 fully saturated rings. The van der Waals surface area contributed by atoms with E-state index < -0.39 is 0 Å². The number of benzene rings is 2. The van der Waals surface area contributed by atoms with Gasteiger partial charge in [0.25, 0.3) is 0 Å². The zero-order valence-corrected chi connectivity index (χ0v) is 17.7. The summed E-state index contributed by atoms with van der Waals surface area (Å²) in [5.41, 5.74) is 2.52. The Labute approximate surface area is 172 Å². The van der Waals surface area contributed by atoms with Crippen LogP contribution < -0.4 is 20.1 Å². The fraction of sp³-hybridized carbons (Fsp3) is 0.391. The van der Waals surface area contributed by atoms with Crippen molar-refractivity contribution in [2.24, 2.45) is 5.92 Å². The van der Waals surface area contributed by atoms with E-state index >= 15 is 0 Å². The predicted molar refractivity (Wildman–Crippen MR) is 114 cm³/mol. The summed E-state index contributed by atoms with van der Waals surface area (Å²) in [5.74, 6) is 1.56. The lowest BCUT2D eigenvalue weighted by Crippen LogP contribution is -2.28. The van der Waals surface area contributed by atoms with E-state index in [4.69, 9.17) is 9.47 Å². The van der Waals surface area contributed by atoms with Gasteiger partial charge in [-0.15, -0.1) is 0 Å². The molecule has 0 saturated carbocycles. The molecule has 2 amide bonds. The molecule has 0 aliphatic heterocycles. The lowest BCUT2D eigenvalue weighted by Gasteiger charge is -2.18. The fourth-order valence-electron chi connectivity index (χ4n) is 2.80. The van der Waals surface area contributed by atoms with Gasteiger partial charge in [-0.3, -0.25) is 9.59 Å². The van der Waals surface area contributed by atoms with Crippen molar-refractivity contribution in [1.82, 2.24) is 5.32 Å². The van der Waals surface area contributed by atoms with E-state index in [0.717, 1.165) is 11.1 Å². The van der Waals surface area contributed by atoms with E-state index in [-0.39, 0.29) is 24.3 Å². The van der Waals surface area contributed by atoms with E-state index in [1.54, 1.807) is 19.2 Å². The summed E-state index contributed by atoms with van der Waals surface area (Å²) in [6.45, 7) is 8.18. The first kappa shape index (κ1) is 22.3. The predicted octanol–water partition coefficient (Wildman–Crippen LogP) is 4.11. The molecule has 6 nitrogen and oxygen atoms in total. The average Bonchev–Trinajstić information content (AvgIpc) is 2.67. The van der Waals surface area contributed by atoms with Crippen molar-refractivity contribution in [3.8, 4) is 11.5 Å². The number of rotatable bonds is 9. The minimum atomic E-state index is -0.172. The minimum absolute atomic E-state index is 0.0797. The van der Waals surface area contributed by atoms with E-state index in [9.17, 15) is 9.59 Å². The summed E-state index contributed by atoms with van der Waals surface area (Å²) in [6.07, 6.45) is 0.261. The summed E-state index contributed by atoms with van der Waals surface area (Å²) in [4.78, 5) is 23.5. The molecule has 2 aromatic carbocycles.